The van der Waals surface area contributed by atoms with Gasteiger partial charge in [-0.3, -0.25) is 4.79 Å². The molecule has 0 saturated carbocycles. The summed E-state index contributed by atoms with van der Waals surface area (Å²) in [7, 11) is 0. The van der Waals surface area contributed by atoms with Gasteiger partial charge in [-0.15, -0.1) is 5.73 Å². The summed E-state index contributed by atoms with van der Waals surface area (Å²) in [6, 6.07) is 8.78. The van der Waals surface area contributed by atoms with Crippen LogP contribution in [0.4, 0.5) is 0 Å². The number of ether oxygens (including phenoxy) is 1. The van der Waals surface area contributed by atoms with E-state index in [1.165, 1.54) is 12.2 Å². The maximum atomic E-state index is 11.7. The van der Waals surface area contributed by atoms with Crippen LogP contribution in [0.15, 0.2) is 60.4 Å². The second-order valence-electron chi connectivity index (χ2n) is 3.53. The summed E-state index contributed by atoms with van der Waals surface area (Å²) in [5.74, 6) is -0.710. The minimum atomic E-state index is -0.507. The number of ketones is 1. The zero-order valence-corrected chi connectivity index (χ0v) is 10.2. The van der Waals surface area contributed by atoms with Gasteiger partial charge in [-0.05, 0) is 6.92 Å². The Morgan fingerprint density at radius 3 is 2.61 bits per heavy atom. The molecule has 0 aliphatic carbocycles. The summed E-state index contributed by atoms with van der Waals surface area (Å²) in [6.07, 6.45) is 2.71. The van der Waals surface area contributed by atoms with Gasteiger partial charge in [-0.1, -0.05) is 43.0 Å². The lowest BCUT2D eigenvalue weighted by atomic mass is 10.1. The Balaban J connectivity index is 2.76. The zero-order chi connectivity index (χ0) is 13.4. The largest absolute Gasteiger partial charge is 0.458 e. The van der Waals surface area contributed by atoms with Crippen LogP contribution in [0.3, 0.4) is 0 Å². The first-order valence-electron chi connectivity index (χ1n) is 5.46. The summed E-state index contributed by atoms with van der Waals surface area (Å²) < 4.78 is 4.80. The molecule has 0 bridgehead atoms. The first-order valence-corrected chi connectivity index (χ1v) is 5.46. The van der Waals surface area contributed by atoms with Crippen molar-refractivity contribution in [3.63, 3.8) is 0 Å². The molecule has 1 rings (SSSR count). The lowest BCUT2D eigenvalue weighted by Gasteiger charge is -1.98. The van der Waals surface area contributed by atoms with E-state index in [0.717, 1.165) is 0 Å². The lowest BCUT2D eigenvalue weighted by molar-refractivity contribution is -0.137. The average molecular weight is 242 g/mol. The standard InChI is InChI=1S/C15H14O3/c1-3-11-18-15(17)12(2)9-10-14(16)13-7-5-4-6-8-13/h3-8,10H,1,11H2,2H3. The third kappa shape index (κ3) is 4.24. The van der Waals surface area contributed by atoms with Crippen LogP contribution in [0, 0.1) is 0 Å². The topological polar surface area (TPSA) is 43.4 Å². The minimum absolute atomic E-state index is 0.143. The molecule has 18 heavy (non-hydrogen) atoms. The van der Waals surface area contributed by atoms with E-state index >= 15 is 0 Å². The van der Waals surface area contributed by atoms with Gasteiger partial charge in [0.25, 0.3) is 0 Å². The van der Waals surface area contributed by atoms with E-state index in [0.29, 0.717) is 5.56 Å². The Labute approximate surface area is 106 Å². The maximum Gasteiger partial charge on any atom is 0.341 e. The van der Waals surface area contributed by atoms with Crippen molar-refractivity contribution in [1.29, 1.82) is 0 Å². The smallest absolute Gasteiger partial charge is 0.341 e. The number of rotatable bonds is 5. The Kier molecular flexibility index (Phi) is 5.36. The summed E-state index contributed by atoms with van der Waals surface area (Å²) in [4.78, 5) is 23.0. The average Bonchev–Trinajstić information content (AvgIpc) is 2.42. The summed E-state index contributed by atoms with van der Waals surface area (Å²) in [6.45, 7) is 5.12. The zero-order valence-electron chi connectivity index (χ0n) is 10.2. The third-order valence-electron chi connectivity index (χ3n) is 2.12. The Morgan fingerprint density at radius 2 is 2.00 bits per heavy atom. The molecule has 0 heterocycles. The Morgan fingerprint density at radius 1 is 1.33 bits per heavy atom. The fourth-order valence-electron chi connectivity index (χ4n) is 1.16. The molecule has 1 aromatic carbocycles. The number of carbonyl (C=O) groups excluding carboxylic acids is 2. The van der Waals surface area contributed by atoms with Crippen LogP contribution < -0.4 is 0 Å². The normalized spacial score (nSPS) is 8.94. The number of hydrogen-bond donors (Lipinski definition) is 0. The van der Waals surface area contributed by atoms with Crippen molar-refractivity contribution in [3.8, 4) is 0 Å². The minimum Gasteiger partial charge on any atom is -0.458 e. The van der Waals surface area contributed by atoms with E-state index in [1.54, 1.807) is 31.2 Å². The molecule has 0 unspecified atom stereocenters. The van der Waals surface area contributed by atoms with E-state index in [1.807, 2.05) is 6.07 Å². The van der Waals surface area contributed by atoms with Gasteiger partial charge in [0.2, 0.25) is 0 Å². The highest BCUT2D eigenvalue weighted by Crippen LogP contribution is 2.01. The molecule has 0 amide bonds. The molecular weight excluding hydrogens is 228 g/mol. The van der Waals surface area contributed by atoms with Crippen LogP contribution in [0.5, 0.6) is 0 Å². The molecule has 92 valence electrons. The van der Waals surface area contributed by atoms with Crippen molar-refractivity contribution in [2.24, 2.45) is 0 Å². The van der Waals surface area contributed by atoms with Crippen LogP contribution in [0.2, 0.25) is 0 Å². The first-order chi connectivity index (χ1) is 8.65. The van der Waals surface area contributed by atoms with Crippen molar-refractivity contribution < 1.29 is 14.3 Å². The van der Waals surface area contributed by atoms with E-state index in [2.05, 4.69) is 12.3 Å². The van der Waals surface area contributed by atoms with E-state index in [4.69, 9.17) is 4.74 Å². The Bertz CT molecular complexity index is 506. The molecule has 0 fully saturated rings. The van der Waals surface area contributed by atoms with Crippen molar-refractivity contribution in [2.75, 3.05) is 6.61 Å². The maximum absolute atomic E-state index is 11.7. The molecule has 3 nitrogen and oxygen atoms in total. The molecule has 0 radical (unpaired) electrons. The first kappa shape index (κ1) is 13.7. The molecule has 0 spiro atoms. The van der Waals surface area contributed by atoms with Crippen molar-refractivity contribution in [1.82, 2.24) is 0 Å². The van der Waals surface area contributed by atoms with Gasteiger partial charge in [0.1, 0.15) is 6.61 Å². The van der Waals surface area contributed by atoms with Gasteiger partial charge in [-0.25, -0.2) is 4.79 Å². The summed E-state index contributed by atoms with van der Waals surface area (Å²) >= 11 is 0. The van der Waals surface area contributed by atoms with Gasteiger partial charge in [0.05, 0.1) is 5.57 Å². The highest BCUT2D eigenvalue weighted by Gasteiger charge is 2.04. The molecule has 0 N–H and O–H groups in total. The molecule has 0 aliphatic rings. The summed E-state index contributed by atoms with van der Waals surface area (Å²) in [5, 5.41) is 0. The number of benzene rings is 1. The molecule has 3 heteroatoms. The van der Waals surface area contributed by atoms with Crippen molar-refractivity contribution >= 4 is 11.8 Å². The quantitative estimate of drug-likeness (QED) is 0.262. The van der Waals surface area contributed by atoms with Crippen LogP contribution in [0.25, 0.3) is 0 Å². The molecule has 0 aliphatic heterocycles. The van der Waals surface area contributed by atoms with Crippen molar-refractivity contribution in [3.05, 3.63) is 65.9 Å². The van der Waals surface area contributed by atoms with Crippen LogP contribution in [-0.2, 0) is 9.53 Å². The van der Waals surface area contributed by atoms with Crippen molar-refractivity contribution in [2.45, 2.75) is 6.92 Å². The number of carbonyl (C=O) groups is 2. The lowest BCUT2D eigenvalue weighted by Crippen LogP contribution is -2.04. The monoisotopic (exact) mass is 242 g/mol. The predicted molar refractivity (Wildman–Crippen MR) is 69.2 cm³/mol. The summed E-state index contributed by atoms with van der Waals surface area (Å²) in [5.41, 5.74) is 3.43. The SMILES string of the molecule is C=CCOC(=O)C(C)=C=CC(=O)c1ccccc1. The highest BCUT2D eigenvalue weighted by atomic mass is 16.5. The predicted octanol–water partition coefficient (Wildman–Crippen LogP) is 2.70. The van der Waals surface area contributed by atoms with E-state index in [9.17, 15) is 9.59 Å². The molecular formula is C15H14O3. The van der Waals surface area contributed by atoms with E-state index in [-0.39, 0.29) is 18.0 Å². The van der Waals surface area contributed by atoms with Crippen LogP contribution in [0.1, 0.15) is 17.3 Å². The van der Waals surface area contributed by atoms with E-state index < -0.39 is 5.97 Å². The van der Waals surface area contributed by atoms with Crippen LogP contribution in [-0.4, -0.2) is 18.4 Å². The fraction of sp³-hybridized carbons (Fsp3) is 0.133. The van der Waals surface area contributed by atoms with Gasteiger partial charge in [0, 0.05) is 11.6 Å². The number of hydrogen-bond acceptors (Lipinski definition) is 3. The highest BCUT2D eigenvalue weighted by molar-refractivity contribution is 6.04. The molecule has 0 saturated heterocycles. The van der Waals surface area contributed by atoms with Crippen LogP contribution >= 0.6 is 0 Å². The van der Waals surface area contributed by atoms with Gasteiger partial charge in [0.15, 0.2) is 5.78 Å². The third-order valence-corrected chi connectivity index (χ3v) is 2.12. The van der Waals surface area contributed by atoms with Gasteiger partial charge in [-0.2, -0.15) is 0 Å². The molecule has 1 aromatic rings. The van der Waals surface area contributed by atoms with Gasteiger partial charge >= 0.3 is 5.97 Å². The molecule has 0 aromatic heterocycles. The fourth-order valence-corrected chi connectivity index (χ4v) is 1.16. The Hall–Kier alpha value is -2.38. The van der Waals surface area contributed by atoms with Gasteiger partial charge < -0.3 is 4.74 Å². The second-order valence-corrected chi connectivity index (χ2v) is 3.53. The molecule has 0 atom stereocenters. The number of esters is 1. The second kappa shape index (κ2) is 7.05.